The van der Waals surface area contributed by atoms with Crippen molar-refractivity contribution in [2.45, 2.75) is 0 Å². The van der Waals surface area contributed by atoms with Crippen molar-refractivity contribution in [1.82, 2.24) is 9.78 Å². The average molecular weight is 408 g/mol. The molecular formula is C20H15N3O2Se. The number of nitrogens with zero attached hydrogens (tertiary/aromatic N) is 3. The summed E-state index contributed by atoms with van der Waals surface area (Å²) in [5, 5.41) is 4.66. The molecule has 0 aliphatic carbocycles. The van der Waals surface area contributed by atoms with Gasteiger partial charge in [-0.1, -0.05) is 0 Å². The zero-order valence-corrected chi connectivity index (χ0v) is 15.4. The summed E-state index contributed by atoms with van der Waals surface area (Å²) in [5.74, 6) is 0.580. The molecule has 5 nitrogen and oxygen atoms in total. The van der Waals surface area contributed by atoms with Crippen molar-refractivity contribution in [1.29, 1.82) is 0 Å². The van der Waals surface area contributed by atoms with E-state index in [9.17, 15) is 8.02 Å². The molecular weight excluding hydrogens is 393 g/mol. The molecule has 0 radical (unpaired) electrons. The van der Waals surface area contributed by atoms with Crippen molar-refractivity contribution in [3.8, 4) is 22.8 Å². The van der Waals surface area contributed by atoms with Gasteiger partial charge in [0.15, 0.2) is 0 Å². The Morgan fingerprint density at radius 2 is 1.35 bits per heavy atom. The Kier molecular flexibility index (Phi) is 4.54. The summed E-state index contributed by atoms with van der Waals surface area (Å²) >= 11 is -3.54. The Morgan fingerprint density at radius 3 is 1.92 bits per heavy atom. The zero-order valence-electron chi connectivity index (χ0n) is 13.7. The van der Waals surface area contributed by atoms with Gasteiger partial charge in [-0.25, -0.2) is 0 Å². The molecule has 4 rings (SSSR count). The number of para-hydroxylation sites is 2. The maximum absolute atomic E-state index is 12.2. The molecule has 0 N–H and O–H groups in total. The van der Waals surface area contributed by atoms with Gasteiger partial charge in [-0.05, 0) is 0 Å². The van der Waals surface area contributed by atoms with Crippen molar-refractivity contribution < 1.29 is 12.6 Å². The number of hydrogen-bond acceptors (Lipinski definition) is 3. The normalized spacial score (nSPS) is 12.0. The molecule has 0 bridgehead atoms. The number of hydrogen-bond donors (Lipinski definition) is 0. The van der Waals surface area contributed by atoms with Gasteiger partial charge >= 0.3 is 155 Å². The minimum absolute atomic E-state index is 0.168. The van der Waals surface area contributed by atoms with Crippen LogP contribution in [0.4, 0.5) is 0 Å². The zero-order chi connectivity index (χ0) is 17.9. The van der Waals surface area contributed by atoms with Crippen molar-refractivity contribution in [3.63, 3.8) is 0 Å². The fourth-order valence-corrected chi connectivity index (χ4v) is 4.15. The first-order chi connectivity index (χ1) is 12.8. The summed E-state index contributed by atoms with van der Waals surface area (Å²) in [4.78, 5) is 0. The van der Waals surface area contributed by atoms with Crippen LogP contribution in [0.25, 0.3) is 22.8 Å². The van der Waals surface area contributed by atoms with Gasteiger partial charge in [0, 0.05) is 0 Å². The van der Waals surface area contributed by atoms with E-state index in [-0.39, 0.29) is 4.72 Å². The summed E-state index contributed by atoms with van der Waals surface area (Å²) in [6.45, 7) is 0. The second-order valence-electron chi connectivity index (χ2n) is 5.63. The van der Waals surface area contributed by atoms with E-state index in [1.807, 2.05) is 91.0 Å². The second kappa shape index (κ2) is 7.14. The van der Waals surface area contributed by atoms with Crippen LogP contribution >= 0.6 is 0 Å². The Hall–Kier alpha value is -2.92. The summed E-state index contributed by atoms with van der Waals surface area (Å²) in [7, 11) is 0. The fraction of sp³-hybridized carbons (Fsp3) is 0. The van der Waals surface area contributed by atoms with E-state index in [0.29, 0.717) is 11.5 Å². The monoisotopic (exact) mass is 409 g/mol. The molecule has 0 spiro atoms. The second-order valence-corrected chi connectivity index (χ2v) is 7.38. The van der Waals surface area contributed by atoms with Crippen LogP contribution in [0.1, 0.15) is 0 Å². The molecule has 0 aliphatic rings. The maximum atomic E-state index is 12.2. The molecule has 0 fully saturated rings. The van der Waals surface area contributed by atoms with E-state index in [1.165, 1.54) is 4.68 Å². The fourth-order valence-electron chi connectivity index (χ4n) is 2.83. The van der Waals surface area contributed by atoms with Crippen LogP contribution in [0, 0.1) is 0 Å². The molecule has 4 aromatic rings. The van der Waals surface area contributed by atoms with Crippen LogP contribution in [0.2, 0.25) is 0 Å². The minimum atomic E-state index is -3.54. The summed E-state index contributed by atoms with van der Waals surface area (Å²) in [5.41, 5.74) is 2.30. The third-order valence-electron chi connectivity index (χ3n) is 3.98. The van der Waals surface area contributed by atoms with Gasteiger partial charge in [-0.15, -0.1) is 0 Å². The Balaban J connectivity index is 2.07. The predicted molar refractivity (Wildman–Crippen MR) is 96.6 cm³/mol. The molecule has 0 aliphatic heterocycles. The van der Waals surface area contributed by atoms with Crippen LogP contribution < -0.4 is 13.5 Å². The quantitative estimate of drug-likeness (QED) is 0.378. The third-order valence-corrected chi connectivity index (χ3v) is 5.35. The first-order valence-electron chi connectivity index (χ1n) is 8.06. The van der Waals surface area contributed by atoms with E-state index in [4.69, 9.17) is 0 Å². The van der Waals surface area contributed by atoms with Gasteiger partial charge in [0.1, 0.15) is 0 Å². The molecule has 128 valence electrons. The first kappa shape index (κ1) is 16.5. The Bertz CT molecular complexity index is 1050. The summed E-state index contributed by atoms with van der Waals surface area (Å²) in [6, 6.07) is 28.3. The van der Waals surface area contributed by atoms with E-state index in [0.717, 1.165) is 11.3 Å². The van der Waals surface area contributed by atoms with Gasteiger partial charge in [0.25, 0.3) is 0 Å². The molecule has 0 saturated carbocycles. The van der Waals surface area contributed by atoms with Crippen LogP contribution in [0.15, 0.2) is 91.0 Å². The summed E-state index contributed by atoms with van der Waals surface area (Å²) in [6.07, 6.45) is 0. The van der Waals surface area contributed by atoms with E-state index in [1.54, 1.807) is 4.57 Å². The van der Waals surface area contributed by atoms with Gasteiger partial charge < -0.3 is 0 Å². The number of benzene rings is 3. The van der Waals surface area contributed by atoms with Crippen LogP contribution in [0.3, 0.4) is 0 Å². The third kappa shape index (κ3) is 3.02. The number of rotatable bonds is 4. The molecule has 1 aromatic heterocycles. The molecule has 1 unspecified atom stereocenters. The Morgan fingerprint density at radius 1 is 0.808 bits per heavy atom. The standard InChI is InChI=1S/C20H15N3O2Se/c24-26(25)20-22(17-12-6-2-7-13-17)19(16-10-4-1-5-11-16)21-23(20)18-14-8-3-9-15-18/h1-15H. The first-order valence-corrected chi connectivity index (χ1v) is 10.3. The van der Waals surface area contributed by atoms with E-state index in [2.05, 4.69) is 5.10 Å². The van der Waals surface area contributed by atoms with Crippen LogP contribution in [-0.4, -0.2) is 23.9 Å². The van der Waals surface area contributed by atoms with Gasteiger partial charge in [-0.3, -0.25) is 0 Å². The van der Waals surface area contributed by atoms with Crippen molar-refractivity contribution in [3.05, 3.63) is 91.0 Å². The predicted octanol–water partition coefficient (Wildman–Crippen LogP) is 1.30. The SMILES string of the molecule is O=[Se]([O-])c1n(-c2ccccc2)nc(-c2ccccc2)[n+]1-c1ccccc1. The summed E-state index contributed by atoms with van der Waals surface area (Å²) < 4.78 is 27.9. The molecule has 1 atom stereocenters. The molecule has 26 heavy (non-hydrogen) atoms. The number of aromatic nitrogens is 3. The van der Waals surface area contributed by atoms with Crippen molar-refractivity contribution in [2.24, 2.45) is 0 Å². The topological polar surface area (TPSA) is 61.8 Å². The van der Waals surface area contributed by atoms with Gasteiger partial charge in [0.2, 0.25) is 0 Å². The molecule has 6 heteroatoms. The molecule has 0 saturated heterocycles. The van der Waals surface area contributed by atoms with E-state index < -0.39 is 14.2 Å². The van der Waals surface area contributed by atoms with E-state index >= 15 is 0 Å². The van der Waals surface area contributed by atoms with Gasteiger partial charge in [0.05, 0.1) is 0 Å². The average Bonchev–Trinajstić information content (AvgIpc) is 3.11. The van der Waals surface area contributed by atoms with Crippen molar-refractivity contribution >= 4 is 18.9 Å². The molecule has 0 amide bonds. The molecule has 1 heterocycles. The molecule has 3 aromatic carbocycles. The van der Waals surface area contributed by atoms with Gasteiger partial charge in [-0.2, -0.15) is 0 Å². The van der Waals surface area contributed by atoms with Crippen LogP contribution in [-0.2, 0) is 3.83 Å². The van der Waals surface area contributed by atoms with Crippen LogP contribution in [0.5, 0.6) is 0 Å². The Labute approximate surface area is 155 Å². The van der Waals surface area contributed by atoms with Crippen molar-refractivity contribution in [2.75, 3.05) is 0 Å².